The van der Waals surface area contributed by atoms with E-state index < -0.39 is 11.9 Å². The van der Waals surface area contributed by atoms with Gasteiger partial charge in [-0.15, -0.1) is 0 Å². The molecule has 3 heteroatoms. The molecular weight excluding hydrogens is 216 g/mol. The SMILES string of the molecule is COc1c(C(C)C(=O)O)ccc2ccccc12. The van der Waals surface area contributed by atoms with Gasteiger partial charge in [-0.1, -0.05) is 36.4 Å². The molecule has 0 saturated carbocycles. The second-order valence-electron chi connectivity index (χ2n) is 3.97. The summed E-state index contributed by atoms with van der Waals surface area (Å²) in [5.74, 6) is -0.772. The molecule has 0 aromatic heterocycles. The molecule has 0 saturated heterocycles. The van der Waals surface area contributed by atoms with Gasteiger partial charge in [0.25, 0.3) is 0 Å². The molecule has 1 N–H and O–H groups in total. The molecular formula is C14H14O3. The topological polar surface area (TPSA) is 46.5 Å². The summed E-state index contributed by atoms with van der Waals surface area (Å²) in [6.45, 7) is 1.66. The van der Waals surface area contributed by atoms with Gasteiger partial charge >= 0.3 is 5.97 Å². The maximum Gasteiger partial charge on any atom is 0.310 e. The molecule has 0 aliphatic heterocycles. The maximum atomic E-state index is 11.0. The van der Waals surface area contributed by atoms with E-state index in [2.05, 4.69) is 0 Å². The highest BCUT2D eigenvalue weighted by molar-refractivity contribution is 5.91. The maximum absolute atomic E-state index is 11.0. The first-order valence-corrected chi connectivity index (χ1v) is 5.43. The zero-order valence-corrected chi connectivity index (χ0v) is 9.81. The van der Waals surface area contributed by atoms with Crippen LogP contribution in [0.25, 0.3) is 10.8 Å². The van der Waals surface area contributed by atoms with Crippen molar-refractivity contribution in [1.82, 2.24) is 0 Å². The zero-order valence-electron chi connectivity index (χ0n) is 9.81. The summed E-state index contributed by atoms with van der Waals surface area (Å²) in [5, 5.41) is 11.1. The van der Waals surface area contributed by atoms with Crippen molar-refractivity contribution in [2.24, 2.45) is 0 Å². The van der Waals surface area contributed by atoms with Gasteiger partial charge in [-0.05, 0) is 12.3 Å². The van der Waals surface area contributed by atoms with Gasteiger partial charge in [0, 0.05) is 10.9 Å². The van der Waals surface area contributed by atoms with Gasteiger partial charge in [0.15, 0.2) is 0 Å². The Labute approximate surface area is 99.6 Å². The molecule has 0 amide bonds. The van der Waals surface area contributed by atoms with Crippen molar-refractivity contribution in [2.45, 2.75) is 12.8 Å². The minimum absolute atomic E-state index is 0.574. The van der Waals surface area contributed by atoms with Gasteiger partial charge in [0.05, 0.1) is 13.0 Å². The van der Waals surface area contributed by atoms with Crippen molar-refractivity contribution in [3.05, 3.63) is 42.0 Å². The van der Waals surface area contributed by atoms with E-state index in [1.807, 2.05) is 36.4 Å². The van der Waals surface area contributed by atoms with Crippen molar-refractivity contribution in [1.29, 1.82) is 0 Å². The number of fused-ring (bicyclic) bond motifs is 1. The number of carboxylic acid groups (broad SMARTS) is 1. The number of carboxylic acids is 1. The lowest BCUT2D eigenvalue weighted by molar-refractivity contribution is -0.138. The third-order valence-electron chi connectivity index (χ3n) is 2.95. The average Bonchev–Trinajstić information content (AvgIpc) is 2.36. The summed E-state index contributed by atoms with van der Waals surface area (Å²) < 4.78 is 5.37. The summed E-state index contributed by atoms with van der Waals surface area (Å²) in [5.41, 5.74) is 0.707. The Kier molecular flexibility index (Phi) is 3.00. The fraction of sp³-hybridized carbons (Fsp3) is 0.214. The molecule has 88 valence electrons. The number of aliphatic carboxylic acids is 1. The van der Waals surface area contributed by atoms with Gasteiger partial charge < -0.3 is 9.84 Å². The Balaban J connectivity index is 2.69. The van der Waals surface area contributed by atoms with Gasteiger partial charge in [0.2, 0.25) is 0 Å². The number of benzene rings is 2. The summed E-state index contributed by atoms with van der Waals surface area (Å²) >= 11 is 0. The second kappa shape index (κ2) is 4.45. The molecule has 0 heterocycles. The lowest BCUT2D eigenvalue weighted by Gasteiger charge is -2.14. The quantitative estimate of drug-likeness (QED) is 0.881. The lowest BCUT2D eigenvalue weighted by atomic mass is 9.96. The van der Waals surface area contributed by atoms with Crippen LogP contribution in [-0.2, 0) is 4.79 Å². The zero-order chi connectivity index (χ0) is 12.4. The van der Waals surface area contributed by atoms with Crippen LogP contribution in [0.2, 0.25) is 0 Å². The third kappa shape index (κ3) is 1.96. The molecule has 2 aromatic carbocycles. The Morgan fingerprint density at radius 3 is 2.59 bits per heavy atom. The van der Waals surface area contributed by atoms with Crippen LogP contribution < -0.4 is 4.74 Å². The van der Waals surface area contributed by atoms with Crippen LogP contribution in [0.4, 0.5) is 0 Å². The highest BCUT2D eigenvalue weighted by atomic mass is 16.5. The highest BCUT2D eigenvalue weighted by Gasteiger charge is 2.19. The molecule has 1 unspecified atom stereocenters. The molecule has 0 spiro atoms. The molecule has 0 bridgehead atoms. The summed E-state index contributed by atoms with van der Waals surface area (Å²) in [7, 11) is 1.57. The predicted molar refractivity (Wildman–Crippen MR) is 66.6 cm³/mol. The monoisotopic (exact) mass is 230 g/mol. The predicted octanol–water partition coefficient (Wildman–Crippen LogP) is 3.04. The van der Waals surface area contributed by atoms with E-state index in [0.717, 1.165) is 10.8 Å². The fourth-order valence-electron chi connectivity index (χ4n) is 1.96. The average molecular weight is 230 g/mol. The molecule has 0 fully saturated rings. The standard InChI is InChI=1S/C14H14O3/c1-9(14(15)16)11-8-7-10-5-3-4-6-12(10)13(11)17-2/h3-9H,1-2H3,(H,15,16). The number of rotatable bonds is 3. The Morgan fingerprint density at radius 1 is 1.24 bits per heavy atom. The minimum Gasteiger partial charge on any atom is -0.496 e. The number of methoxy groups -OCH3 is 1. The number of hydrogen-bond acceptors (Lipinski definition) is 2. The molecule has 3 nitrogen and oxygen atoms in total. The highest BCUT2D eigenvalue weighted by Crippen LogP contribution is 2.34. The summed E-state index contributed by atoms with van der Waals surface area (Å²) in [6.07, 6.45) is 0. The van der Waals surface area contributed by atoms with Gasteiger partial charge in [-0.3, -0.25) is 4.79 Å². The molecule has 0 aliphatic rings. The van der Waals surface area contributed by atoms with Crippen molar-refractivity contribution in [3.8, 4) is 5.75 Å². The van der Waals surface area contributed by atoms with Gasteiger partial charge in [-0.2, -0.15) is 0 Å². The van der Waals surface area contributed by atoms with Crippen molar-refractivity contribution < 1.29 is 14.6 Å². The summed E-state index contributed by atoms with van der Waals surface area (Å²) in [4.78, 5) is 11.0. The first-order valence-electron chi connectivity index (χ1n) is 5.43. The minimum atomic E-state index is -0.849. The largest absolute Gasteiger partial charge is 0.496 e. The fourth-order valence-corrected chi connectivity index (χ4v) is 1.96. The second-order valence-corrected chi connectivity index (χ2v) is 3.97. The molecule has 0 aliphatic carbocycles. The Bertz CT molecular complexity index is 560. The lowest BCUT2D eigenvalue weighted by Crippen LogP contribution is -2.09. The number of hydrogen-bond donors (Lipinski definition) is 1. The van der Waals surface area contributed by atoms with Crippen LogP contribution in [0.5, 0.6) is 5.75 Å². The van der Waals surface area contributed by atoms with E-state index in [1.54, 1.807) is 14.0 Å². The molecule has 1 atom stereocenters. The molecule has 2 aromatic rings. The molecule has 0 radical (unpaired) electrons. The van der Waals surface area contributed by atoms with Crippen LogP contribution in [0.3, 0.4) is 0 Å². The number of ether oxygens (including phenoxy) is 1. The third-order valence-corrected chi connectivity index (χ3v) is 2.95. The summed E-state index contributed by atoms with van der Waals surface area (Å²) in [6, 6.07) is 11.5. The number of carbonyl (C=O) groups is 1. The smallest absolute Gasteiger partial charge is 0.310 e. The van der Waals surface area contributed by atoms with Crippen molar-refractivity contribution >= 4 is 16.7 Å². The Morgan fingerprint density at radius 2 is 1.94 bits per heavy atom. The normalized spacial score (nSPS) is 12.4. The van der Waals surface area contributed by atoms with Crippen LogP contribution >= 0.6 is 0 Å². The molecule has 2 rings (SSSR count). The van der Waals surface area contributed by atoms with E-state index in [1.165, 1.54) is 0 Å². The van der Waals surface area contributed by atoms with Crippen molar-refractivity contribution in [2.75, 3.05) is 7.11 Å². The van der Waals surface area contributed by atoms with E-state index >= 15 is 0 Å². The van der Waals surface area contributed by atoms with E-state index in [0.29, 0.717) is 11.3 Å². The van der Waals surface area contributed by atoms with E-state index in [4.69, 9.17) is 9.84 Å². The first kappa shape index (κ1) is 11.5. The first-order chi connectivity index (χ1) is 8.15. The van der Waals surface area contributed by atoms with E-state index in [-0.39, 0.29) is 0 Å². The molecule has 17 heavy (non-hydrogen) atoms. The van der Waals surface area contributed by atoms with Crippen LogP contribution in [0, 0.1) is 0 Å². The van der Waals surface area contributed by atoms with Crippen LogP contribution in [-0.4, -0.2) is 18.2 Å². The van der Waals surface area contributed by atoms with Crippen LogP contribution in [0.15, 0.2) is 36.4 Å². The van der Waals surface area contributed by atoms with Crippen molar-refractivity contribution in [3.63, 3.8) is 0 Å². The van der Waals surface area contributed by atoms with Gasteiger partial charge in [0.1, 0.15) is 5.75 Å². The Hall–Kier alpha value is -2.03. The van der Waals surface area contributed by atoms with Crippen LogP contribution in [0.1, 0.15) is 18.4 Å². The van der Waals surface area contributed by atoms with E-state index in [9.17, 15) is 4.79 Å². The van der Waals surface area contributed by atoms with Gasteiger partial charge in [-0.25, -0.2) is 0 Å².